The van der Waals surface area contributed by atoms with Crippen molar-refractivity contribution in [2.75, 3.05) is 19.8 Å². The summed E-state index contributed by atoms with van der Waals surface area (Å²) in [6.45, 7) is 10.7. The van der Waals surface area contributed by atoms with Crippen molar-refractivity contribution in [1.29, 1.82) is 0 Å². The van der Waals surface area contributed by atoms with Gasteiger partial charge in [-0.1, -0.05) is 27.7 Å². The van der Waals surface area contributed by atoms with Gasteiger partial charge in [0.2, 0.25) is 0 Å². The Morgan fingerprint density at radius 2 is 1.21 bits per heavy atom. The molecule has 9 aliphatic rings. The molecule has 5 saturated heterocycles. The number of hydrogen-bond acceptors (Lipinski definition) is 17. The average molecular weight is 887 g/mol. The highest BCUT2D eigenvalue weighted by atomic mass is 16.8. The molecule has 356 valence electrons. The van der Waals surface area contributed by atoms with E-state index in [1.807, 2.05) is 0 Å². The van der Waals surface area contributed by atoms with Crippen molar-refractivity contribution in [3.8, 4) is 0 Å². The van der Waals surface area contributed by atoms with Crippen LogP contribution in [0.3, 0.4) is 0 Å². The molecule has 0 amide bonds. The molecule has 0 unspecified atom stereocenters. The summed E-state index contributed by atoms with van der Waals surface area (Å²) in [5.74, 6) is 3.55. The summed E-state index contributed by atoms with van der Waals surface area (Å²) in [7, 11) is 0. The maximum Gasteiger partial charge on any atom is 0.187 e. The highest BCUT2D eigenvalue weighted by Gasteiger charge is 2.69. The van der Waals surface area contributed by atoms with Gasteiger partial charge in [0.15, 0.2) is 24.7 Å². The monoisotopic (exact) mass is 886 g/mol. The SMILES string of the molecule is C[C@@H]1CC[C@@]2(OC1)O[C@@H]1C[C@H]3[C@@H]4CC[C@H]5C[C@H](O[C@H]6O[C@@H](C)[C@H](O[C@H]7O[C@@H](CO)[C@H](O[C@H]8O[C@@H](CO)[C@H](O)[C@@H](O)[C@@H]8O)[C@@H](O)[C@@H]7O)[C@@H](O)[C@@H]6O)CC[C@@]5(C)[C@H]4CC[C@@]3(C)[C@@H]1[C@H]2C. The molecule has 9 N–H and O–H groups in total. The van der Waals surface area contributed by atoms with Gasteiger partial charge in [-0.25, -0.2) is 0 Å². The van der Waals surface area contributed by atoms with Crippen LogP contribution in [0.4, 0.5) is 0 Å². The summed E-state index contributed by atoms with van der Waals surface area (Å²) in [4.78, 5) is 0. The molecule has 0 aromatic heterocycles. The van der Waals surface area contributed by atoms with E-state index in [0.29, 0.717) is 41.4 Å². The van der Waals surface area contributed by atoms with Gasteiger partial charge in [-0.3, -0.25) is 0 Å². The van der Waals surface area contributed by atoms with Crippen molar-refractivity contribution >= 4 is 0 Å². The predicted octanol–water partition coefficient (Wildman–Crippen LogP) is 0.294. The van der Waals surface area contributed by atoms with Gasteiger partial charge >= 0.3 is 0 Å². The summed E-state index contributed by atoms with van der Waals surface area (Å²) in [5.41, 5.74) is 0.445. The van der Waals surface area contributed by atoms with E-state index >= 15 is 0 Å². The van der Waals surface area contributed by atoms with Gasteiger partial charge in [-0.15, -0.1) is 0 Å². The van der Waals surface area contributed by atoms with E-state index in [9.17, 15) is 46.0 Å². The first kappa shape index (κ1) is 46.4. The fraction of sp³-hybridized carbons (Fsp3) is 1.00. The number of aliphatic hydroxyl groups is 9. The summed E-state index contributed by atoms with van der Waals surface area (Å²) in [6.07, 6.45) is -11.7. The van der Waals surface area contributed by atoms with Gasteiger partial charge in [-0.2, -0.15) is 0 Å². The van der Waals surface area contributed by atoms with Crippen LogP contribution >= 0.6 is 0 Å². The van der Waals surface area contributed by atoms with E-state index in [2.05, 4.69) is 27.7 Å². The molecule has 17 heteroatoms. The fourth-order valence-electron chi connectivity index (χ4n) is 14.7. The number of hydrogen-bond donors (Lipinski definition) is 9. The number of fused-ring (bicyclic) bond motifs is 7. The molecule has 62 heavy (non-hydrogen) atoms. The smallest absolute Gasteiger partial charge is 0.187 e. The van der Waals surface area contributed by atoms with E-state index in [4.69, 9.17) is 37.9 Å². The fourth-order valence-corrected chi connectivity index (χ4v) is 14.7. The molecule has 0 aromatic carbocycles. The molecule has 9 fully saturated rings. The quantitative estimate of drug-likeness (QED) is 0.149. The summed E-state index contributed by atoms with van der Waals surface area (Å²) in [5, 5.41) is 95.4. The topological polar surface area (TPSA) is 256 Å². The Balaban J connectivity index is 0.788. The Bertz CT molecular complexity index is 1550. The second kappa shape index (κ2) is 17.4. The molecule has 4 aliphatic carbocycles. The zero-order valence-electron chi connectivity index (χ0n) is 36.8. The Labute approximate surface area is 364 Å². The van der Waals surface area contributed by atoms with Gasteiger partial charge < -0.3 is 83.9 Å². The van der Waals surface area contributed by atoms with E-state index < -0.39 is 111 Å². The summed E-state index contributed by atoms with van der Waals surface area (Å²) >= 11 is 0. The van der Waals surface area contributed by atoms with Crippen molar-refractivity contribution in [3.63, 3.8) is 0 Å². The van der Waals surface area contributed by atoms with Crippen LogP contribution < -0.4 is 0 Å². The van der Waals surface area contributed by atoms with Crippen molar-refractivity contribution in [3.05, 3.63) is 0 Å². The number of ether oxygens (including phenoxy) is 8. The zero-order valence-corrected chi connectivity index (χ0v) is 36.8. The normalized spacial score (nSPS) is 58.9. The third kappa shape index (κ3) is 7.56. The van der Waals surface area contributed by atoms with Gasteiger partial charge in [-0.05, 0) is 111 Å². The van der Waals surface area contributed by atoms with Crippen molar-refractivity contribution in [2.24, 2.45) is 52.3 Å². The molecule has 4 saturated carbocycles. The molecule has 9 rings (SSSR count). The molecule has 17 nitrogen and oxygen atoms in total. The Morgan fingerprint density at radius 1 is 0.581 bits per heavy atom. The van der Waals surface area contributed by atoms with Crippen LogP contribution in [0.5, 0.6) is 0 Å². The van der Waals surface area contributed by atoms with E-state index in [1.54, 1.807) is 6.92 Å². The Morgan fingerprint density at radius 3 is 1.89 bits per heavy atom. The van der Waals surface area contributed by atoms with E-state index in [0.717, 1.165) is 45.1 Å². The lowest BCUT2D eigenvalue weighted by Gasteiger charge is -2.61. The van der Waals surface area contributed by atoms with Crippen LogP contribution in [0.25, 0.3) is 0 Å². The molecule has 0 bridgehead atoms. The largest absolute Gasteiger partial charge is 0.394 e. The van der Waals surface area contributed by atoms with Crippen LogP contribution in [-0.2, 0) is 37.9 Å². The van der Waals surface area contributed by atoms with Crippen LogP contribution in [0.2, 0.25) is 0 Å². The minimum absolute atomic E-state index is 0.172. The summed E-state index contributed by atoms with van der Waals surface area (Å²) in [6, 6.07) is 0. The average Bonchev–Trinajstić information content (AvgIpc) is 3.70. The van der Waals surface area contributed by atoms with Crippen molar-refractivity contribution in [2.45, 2.75) is 209 Å². The van der Waals surface area contributed by atoms with Gasteiger partial charge in [0.1, 0.15) is 67.1 Å². The highest BCUT2D eigenvalue weighted by molar-refractivity contribution is 5.15. The molecular weight excluding hydrogens is 812 g/mol. The first-order valence-electron chi connectivity index (χ1n) is 23.7. The van der Waals surface area contributed by atoms with Crippen LogP contribution in [0.15, 0.2) is 0 Å². The zero-order chi connectivity index (χ0) is 44.2. The third-order valence-corrected chi connectivity index (χ3v) is 18.2. The lowest BCUT2D eigenvalue weighted by Crippen LogP contribution is -2.66. The van der Waals surface area contributed by atoms with Crippen molar-refractivity contribution < 1.29 is 83.9 Å². The second-order valence-electron chi connectivity index (χ2n) is 21.5. The molecule has 0 radical (unpaired) electrons. The Hall–Kier alpha value is -0.680. The van der Waals surface area contributed by atoms with Crippen LogP contribution in [0.1, 0.15) is 98.8 Å². The summed E-state index contributed by atoms with van der Waals surface area (Å²) < 4.78 is 48.9. The van der Waals surface area contributed by atoms with E-state index in [-0.39, 0.29) is 23.0 Å². The predicted molar refractivity (Wildman–Crippen MR) is 214 cm³/mol. The number of aliphatic hydroxyl groups excluding tert-OH is 9. The first-order chi connectivity index (χ1) is 29.4. The molecule has 27 atom stereocenters. The minimum atomic E-state index is -1.82. The minimum Gasteiger partial charge on any atom is -0.394 e. The maximum absolute atomic E-state index is 11.4. The number of rotatable bonds is 8. The molecule has 1 spiro atoms. The molecular formula is C45H74O17. The lowest BCUT2D eigenvalue weighted by molar-refractivity contribution is -0.379. The second-order valence-corrected chi connectivity index (χ2v) is 21.5. The molecule has 5 aliphatic heterocycles. The van der Waals surface area contributed by atoms with Crippen LogP contribution in [0, 0.1) is 52.3 Å². The van der Waals surface area contributed by atoms with Gasteiger partial charge in [0.05, 0.1) is 38.1 Å². The Kier molecular flexibility index (Phi) is 13.1. The first-order valence-corrected chi connectivity index (χ1v) is 23.7. The van der Waals surface area contributed by atoms with Gasteiger partial charge in [0.25, 0.3) is 0 Å². The standard InChI is InChI=1S/C45H74O17/c1-19-8-13-45(55-18-19)20(2)30-27(62-45)15-26-24-7-6-22-14-23(9-11-43(22,4)25(24)10-12-44(26,30)5)57-40-36(53)33(50)38(21(3)56-40)60-42-37(54)34(51)39(29(17-47)59-42)61-41-35(52)32(49)31(48)28(16-46)58-41/h19-42,46-54H,6-18H2,1-5H3/t19-,20-,21+,22+,23-,24-,25+,26+,27-,28+,29+,30-,31+,32-,33+,34+,35+,36+,37+,38+,39+,40-,41-,42-,43-,44-,45-/m1/s1. The lowest BCUT2D eigenvalue weighted by atomic mass is 9.44. The van der Waals surface area contributed by atoms with Gasteiger partial charge in [0, 0.05) is 12.3 Å². The third-order valence-electron chi connectivity index (χ3n) is 18.2. The molecule has 0 aromatic rings. The van der Waals surface area contributed by atoms with E-state index in [1.165, 1.54) is 25.7 Å². The molecule has 5 heterocycles. The maximum atomic E-state index is 11.4. The van der Waals surface area contributed by atoms with Crippen LogP contribution in [-0.4, -0.2) is 176 Å². The highest BCUT2D eigenvalue weighted by Crippen LogP contribution is 2.71. The van der Waals surface area contributed by atoms with Crippen molar-refractivity contribution in [1.82, 2.24) is 0 Å².